The predicted octanol–water partition coefficient (Wildman–Crippen LogP) is 4.49. The van der Waals surface area contributed by atoms with Crippen LogP contribution in [0.1, 0.15) is 35.1 Å². The maximum atomic E-state index is 12.9. The Balaban J connectivity index is 1.58. The van der Waals surface area contributed by atoms with E-state index in [-0.39, 0.29) is 11.9 Å². The second-order valence-corrected chi connectivity index (χ2v) is 7.26. The second-order valence-electron chi connectivity index (χ2n) is 6.34. The number of rotatable bonds is 4. The molecule has 1 fully saturated rings. The Morgan fingerprint density at radius 2 is 2.04 bits per heavy atom. The highest BCUT2D eigenvalue weighted by atomic mass is 79.9. The Bertz CT molecular complexity index is 955. The SMILES string of the molecule is COc1cccc(-c2nnc(C3CCCN3C(=O)c3ccc(Br)cc3)o2)c1. The Morgan fingerprint density at radius 3 is 2.81 bits per heavy atom. The van der Waals surface area contributed by atoms with Gasteiger partial charge in [0.2, 0.25) is 11.8 Å². The van der Waals surface area contributed by atoms with Crippen LogP contribution in [0.3, 0.4) is 0 Å². The summed E-state index contributed by atoms with van der Waals surface area (Å²) in [7, 11) is 1.61. The van der Waals surface area contributed by atoms with Gasteiger partial charge in [0.1, 0.15) is 11.8 Å². The highest BCUT2D eigenvalue weighted by Gasteiger charge is 2.34. The number of methoxy groups -OCH3 is 1. The van der Waals surface area contributed by atoms with Gasteiger partial charge in [0.15, 0.2) is 0 Å². The number of ether oxygens (including phenoxy) is 1. The Hall–Kier alpha value is -2.67. The molecule has 27 heavy (non-hydrogen) atoms. The van der Waals surface area contributed by atoms with Gasteiger partial charge < -0.3 is 14.1 Å². The van der Waals surface area contributed by atoms with Gasteiger partial charge >= 0.3 is 0 Å². The number of hydrogen-bond acceptors (Lipinski definition) is 5. The van der Waals surface area contributed by atoms with E-state index in [0.29, 0.717) is 23.9 Å². The summed E-state index contributed by atoms with van der Waals surface area (Å²) >= 11 is 3.39. The number of benzene rings is 2. The van der Waals surface area contributed by atoms with Gasteiger partial charge in [-0.1, -0.05) is 22.0 Å². The monoisotopic (exact) mass is 427 g/mol. The minimum atomic E-state index is -0.201. The van der Waals surface area contributed by atoms with Gasteiger partial charge in [0.25, 0.3) is 5.91 Å². The molecular weight excluding hydrogens is 410 g/mol. The largest absolute Gasteiger partial charge is 0.497 e. The Labute approximate surface area is 165 Å². The van der Waals surface area contributed by atoms with Crippen molar-refractivity contribution in [2.75, 3.05) is 13.7 Å². The van der Waals surface area contributed by atoms with E-state index in [1.807, 2.05) is 53.4 Å². The molecule has 1 atom stereocenters. The van der Waals surface area contributed by atoms with Crippen LogP contribution >= 0.6 is 15.9 Å². The smallest absolute Gasteiger partial charge is 0.254 e. The van der Waals surface area contributed by atoms with Crippen molar-refractivity contribution in [2.45, 2.75) is 18.9 Å². The van der Waals surface area contributed by atoms with E-state index in [1.165, 1.54) is 0 Å². The second kappa shape index (κ2) is 7.52. The number of amides is 1. The van der Waals surface area contributed by atoms with E-state index in [9.17, 15) is 4.79 Å². The van der Waals surface area contributed by atoms with Crippen molar-refractivity contribution < 1.29 is 13.9 Å². The summed E-state index contributed by atoms with van der Waals surface area (Å²) in [5.74, 6) is 1.59. The molecular formula is C20H18BrN3O3. The van der Waals surface area contributed by atoms with Crippen LogP contribution in [-0.4, -0.2) is 34.7 Å². The van der Waals surface area contributed by atoms with E-state index >= 15 is 0 Å². The lowest BCUT2D eigenvalue weighted by Gasteiger charge is -2.22. The molecule has 0 saturated carbocycles. The number of halogens is 1. The fourth-order valence-corrected chi connectivity index (χ4v) is 3.53. The molecule has 1 amide bonds. The number of carbonyl (C=O) groups is 1. The first-order valence-electron chi connectivity index (χ1n) is 8.70. The van der Waals surface area contributed by atoms with E-state index in [4.69, 9.17) is 9.15 Å². The predicted molar refractivity (Wildman–Crippen MR) is 103 cm³/mol. The van der Waals surface area contributed by atoms with Crippen LogP contribution in [0.4, 0.5) is 0 Å². The molecule has 6 nitrogen and oxygen atoms in total. The van der Waals surface area contributed by atoms with Crippen LogP contribution in [0.2, 0.25) is 0 Å². The van der Waals surface area contributed by atoms with E-state index in [0.717, 1.165) is 28.6 Å². The molecule has 0 aliphatic carbocycles. The number of aromatic nitrogens is 2. The van der Waals surface area contributed by atoms with Crippen molar-refractivity contribution >= 4 is 21.8 Å². The minimum absolute atomic E-state index is 0.0221. The quantitative estimate of drug-likeness (QED) is 0.613. The lowest BCUT2D eigenvalue weighted by atomic mass is 10.1. The Kier molecular flexibility index (Phi) is 4.94. The molecule has 2 aromatic carbocycles. The normalized spacial score (nSPS) is 16.5. The van der Waals surface area contributed by atoms with Crippen LogP contribution in [0, 0.1) is 0 Å². The van der Waals surface area contributed by atoms with Gasteiger partial charge in [0, 0.05) is 22.1 Å². The van der Waals surface area contributed by atoms with Crippen molar-refractivity contribution in [1.29, 1.82) is 0 Å². The fraction of sp³-hybridized carbons (Fsp3) is 0.250. The third kappa shape index (κ3) is 3.60. The topological polar surface area (TPSA) is 68.5 Å². The van der Waals surface area contributed by atoms with Crippen LogP contribution in [-0.2, 0) is 0 Å². The first-order valence-corrected chi connectivity index (χ1v) is 9.49. The summed E-state index contributed by atoms with van der Waals surface area (Å²) in [4.78, 5) is 14.7. The molecule has 1 saturated heterocycles. The van der Waals surface area contributed by atoms with Crippen LogP contribution in [0.25, 0.3) is 11.5 Å². The molecule has 1 aliphatic heterocycles. The molecule has 1 aromatic heterocycles. The number of carbonyl (C=O) groups excluding carboxylic acids is 1. The summed E-state index contributed by atoms with van der Waals surface area (Å²) < 4.78 is 12.1. The molecule has 7 heteroatoms. The lowest BCUT2D eigenvalue weighted by molar-refractivity contribution is 0.0716. The minimum Gasteiger partial charge on any atom is -0.497 e. The average molecular weight is 428 g/mol. The molecule has 4 rings (SSSR count). The third-order valence-corrected chi connectivity index (χ3v) is 5.18. The van der Waals surface area contributed by atoms with Gasteiger partial charge in [-0.3, -0.25) is 4.79 Å². The van der Waals surface area contributed by atoms with Gasteiger partial charge in [-0.25, -0.2) is 0 Å². The average Bonchev–Trinajstić information content (AvgIpc) is 3.37. The maximum absolute atomic E-state index is 12.9. The maximum Gasteiger partial charge on any atom is 0.254 e. The molecule has 0 N–H and O–H groups in total. The van der Waals surface area contributed by atoms with E-state index < -0.39 is 0 Å². The molecule has 0 bridgehead atoms. The van der Waals surface area contributed by atoms with Crippen molar-refractivity contribution in [3.8, 4) is 17.2 Å². The first kappa shape index (κ1) is 17.7. The van der Waals surface area contributed by atoms with Crippen LogP contribution < -0.4 is 4.74 Å². The molecule has 2 heterocycles. The van der Waals surface area contributed by atoms with Gasteiger partial charge in [0.05, 0.1) is 7.11 Å². The van der Waals surface area contributed by atoms with Crippen molar-refractivity contribution in [3.63, 3.8) is 0 Å². The summed E-state index contributed by atoms with van der Waals surface area (Å²) in [5, 5.41) is 8.38. The van der Waals surface area contributed by atoms with E-state index in [2.05, 4.69) is 26.1 Å². The molecule has 1 unspecified atom stereocenters. The zero-order valence-electron chi connectivity index (χ0n) is 14.8. The van der Waals surface area contributed by atoms with Crippen LogP contribution in [0.5, 0.6) is 5.75 Å². The fourth-order valence-electron chi connectivity index (χ4n) is 3.27. The third-order valence-electron chi connectivity index (χ3n) is 4.65. The number of nitrogens with zero attached hydrogens (tertiary/aromatic N) is 3. The standard InChI is InChI=1S/C20H18BrN3O3/c1-26-16-5-2-4-14(12-16)18-22-23-19(27-18)17-6-3-11-24(17)20(25)13-7-9-15(21)10-8-13/h2,4-5,7-10,12,17H,3,6,11H2,1H3. The highest BCUT2D eigenvalue weighted by molar-refractivity contribution is 9.10. The Morgan fingerprint density at radius 1 is 1.22 bits per heavy atom. The van der Waals surface area contributed by atoms with Crippen molar-refractivity contribution in [2.24, 2.45) is 0 Å². The van der Waals surface area contributed by atoms with Gasteiger partial charge in [-0.05, 0) is 55.3 Å². The zero-order chi connectivity index (χ0) is 18.8. The van der Waals surface area contributed by atoms with Gasteiger partial charge in [-0.15, -0.1) is 10.2 Å². The van der Waals surface area contributed by atoms with E-state index in [1.54, 1.807) is 7.11 Å². The van der Waals surface area contributed by atoms with Crippen molar-refractivity contribution in [1.82, 2.24) is 15.1 Å². The van der Waals surface area contributed by atoms with Crippen molar-refractivity contribution in [3.05, 3.63) is 64.5 Å². The molecule has 1 aliphatic rings. The molecule has 0 spiro atoms. The molecule has 138 valence electrons. The number of likely N-dealkylation sites (tertiary alicyclic amines) is 1. The summed E-state index contributed by atoms with van der Waals surface area (Å²) in [6.45, 7) is 0.677. The number of hydrogen-bond donors (Lipinski definition) is 0. The summed E-state index contributed by atoms with van der Waals surface area (Å²) in [6, 6.07) is 14.6. The van der Waals surface area contributed by atoms with Crippen LogP contribution in [0.15, 0.2) is 57.4 Å². The first-order chi connectivity index (χ1) is 13.2. The van der Waals surface area contributed by atoms with Gasteiger partial charge in [-0.2, -0.15) is 0 Å². The lowest BCUT2D eigenvalue weighted by Crippen LogP contribution is -2.30. The molecule has 3 aromatic rings. The highest BCUT2D eigenvalue weighted by Crippen LogP contribution is 2.34. The molecule has 0 radical (unpaired) electrons. The summed E-state index contributed by atoms with van der Waals surface area (Å²) in [5.41, 5.74) is 1.44. The zero-order valence-corrected chi connectivity index (χ0v) is 16.3. The summed E-state index contributed by atoms with van der Waals surface area (Å²) in [6.07, 6.45) is 1.71.